The SMILES string of the molecule is c1ccc2c(c1)oc1c(-c3ccc(-c4c5ccccc5c(-c5ccc6oc7ccc8sc9ccccc9c8c7c6c5)c5ccccc45)cc3)cccc12. The summed E-state index contributed by atoms with van der Waals surface area (Å²) in [6.45, 7) is 0. The minimum atomic E-state index is 0.912. The quantitative estimate of drug-likeness (QED) is 0.172. The molecule has 0 saturated heterocycles. The van der Waals surface area contributed by atoms with Crippen LogP contribution < -0.4 is 0 Å². The lowest BCUT2D eigenvalue weighted by Gasteiger charge is -2.18. The van der Waals surface area contributed by atoms with Crippen LogP contribution in [-0.4, -0.2) is 0 Å². The first-order valence-corrected chi connectivity index (χ1v) is 18.8. The molecular formula is C50H28O2S. The lowest BCUT2D eigenvalue weighted by molar-refractivity contribution is 0.669. The van der Waals surface area contributed by atoms with E-state index in [4.69, 9.17) is 8.83 Å². The molecule has 9 aromatic carbocycles. The van der Waals surface area contributed by atoms with Crippen molar-refractivity contribution in [3.63, 3.8) is 0 Å². The Bertz CT molecular complexity index is 3390. The van der Waals surface area contributed by atoms with E-state index in [0.717, 1.165) is 49.6 Å². The Morgan fingerprint density at radius 3 is 1.64 bits per heavy atom. The topological polar surface area (TPSA) is 26.3 Å². The first-order valence-electron chi connectivity index (χ1n) is 18.0. The largest absolute Gasteiger partial charge is 0.456 e. The van der Waals surface area contributed by atoms with E-state index in [1.807, 2.05) is 23.5 Å². The van der Waals surface area contributed by atoms with Gasteiger partial charge in [-0.05, 0) is 85.8 Å². The predicted molar refractivity (Wildman–Crippen MR) is 225 cm³/mol. The lowest BCUT2D eigenvalue weighted by Crippen LogP contribution is -1.91. The normalized spacial score (nSPS) is 12.2. The van der Waals surface area contributed by atoms with Crippen LogP contribution >= 0.6 is 11.3 Å². The third-order valence-electron chi connectivity index (χ3n) is 11.1. The van der Waals surface area contributed by atoms with Gasteiger partial charge in [0, 0.05) is 47.3 Å². The fourth-order valence-corrected chi connectivity index (χ4v) is 9.89. The maximum Gasteiger partial charge on any atom is 0.143 e. The van der Waals surface area contributed by atoms with Crippen LogP contribution in [-0.2, 0) is 0 Å². The zero-order chi connectivity index (χ0) is 34.6. The number of fused-ring (bicyclic) bond motifs is 12. The molecule has 2 nitrogen and oxygen atoms in total. The van der Waals surface area contributed by atoms with E-state index in [9.17, 15) is 0 Å². The number of furan rings is 2. The van der Waals surface area contributed by atoms with Crippen molar-refractivity contribution in [2.75, 3.05) is 0 Å². The molecule has 0 fully saturated rings. The van der Waals surface area contributed by atoms with Gasteiger partial charge in [-0.25, -0.2) is 0 Å². The zero-order valence-electron chi connectivity index (χ0n) is 28.4. The Balaban J connectivity index is 1.07. The maximum atomic E-state index is 6.50. The van der Waals surface area contributed by atoms with Crippen molar-refractivity contribution < 1.29 is 8.83 Å². The molecule has 0 saturated carbocycles. The molecule has 0 atom stereocenters. The average molecular weight is 693 g/mol. The van der Waals surface area contributed by atoms with Gasteiger partial charge in [-0.2, -0.15) is 0 Å². The molecule has 12 aromatic rings. The van der Waals surface area contributed by atoms with Gasteiger partial charge in [-0.15, -0.1) is 11.3 Å². The number of para-hydroxylation sites is 2. The molecule has 3 heterocycles. The Kier molecular flexibility index (Phi) is 5.96. The first kappa shape index (κ1) is 29.0. The highest BCUT2D eigenvalue weighted by Crippen LogP contribution is 2.47. The second-order valence-electron chi connectivity index (χ2n) is 13.9. The highest BCUT2D eigenvalue weighted by atomic mass is 32.1. The second-order valence-corrected chi connectivity index (χ2v) is 15.0. The number of hydrogen-bond donors (Lipinski definition) is 0. The van der Waals surface area contributed by atoms with Gasteiger partial charge in [0.1, 0.15) is 22.3 Å². The second kappa shape index (κ2) is 10.9. The highest BCUT2D eigenvalue weighted by molar-refractivity contribution is 7.26. The molecule has 0 unspecified atom stereocenters. The van der Waals surface area contributed by atoms with E-state index in [0.29, 0.717) is 0 Å². The van der Waals surface area contributed by atoms with Gasteiger partial charge in [0.25, 0.3) is 0 Å². The first-order chi connectivity index (χ1) is 26.3. The molecular weight excluding hydrogens is 665 g/mol. The van der Waals surface area contributed by atoms with Crippen molar-refractivity contribution in [3.8, 4) is 33.4 Å². The van der Waals surface area contributed by atoms with Crippen molar-refractivity contribution in [2.24, 2.45) is 0 Å². The molecule has 53 heavy (non-hydrogen) atoms. The van der Waals surface area contributed by atoms with E-state index >= 15 is 0 Å². The van der Waals surface area contributed by atoms with Crippen LogP contribution in [0.1, 0.15) is 0 Å². The van der Waals surface area contributed by atoms with Gasteiger partial charge < -0.3 is 8.83 Å². The van der Waals surface area contributed by atoms with Crippen LogP contribution in [0.2, 0.25) is 0 Å². The average Bonchev–Trinajstić information content (AvgIpc) is 3.91. The molecule has 3 heteroatoms. The molecule has 12 rings (SSSR count). The van der Waals surface area contributed by atoms with Gasteiger partial charge in [0.2, 0.25) is 0 Å². The van der Waals surface area contributed by atoms with Crippen LogP contribution in [0.3, 0.4) is 0 Å². The smallest absolute Gasteiger partial charge is 0.143 e. The fourth-order valence-electron chi connectivity index (χ4n) is 8.78. The Hall–Kier alpha value is -6.68. The summed E-state index contributed by atoms with van der Waals surface area (Å²) in [6, 6.07) is 61.3. The van der Waals surface area contributed by atoms with Crippen molar-refractivity contribution in [3.05, 3.63) is 170 Å². The van der Waals surface area contributed by atoms with Gasteiger partial charge in [-0.1, -0.05) is 133 Å². The van der Waals surface area contributed by atoms with Crippen molar-refractivity contribution >= 4 is 96.9 Å². The summed E-state index contributed by atoms with van der Waals surface area (Å²) < 4.78 is 15.5. The minimum Gasteiger partial charge on any atom is -0.456 e. The van der Waals surface area contributed by atoms with Crippen molar-refractivity contribution in [1.82, 2.24) is 0 Å². The summed E-state index contributed by atoms with van der Waals surface area (Å²) in [5.74, 6) is 0. The zero-order valence-corrected chi connectivity index (χ0v) is 29.2. The molecule has 246 valence electrons. The Labute approximate surface area is 307 Å². The Morgan fingerprint density at radius 2 is 0.887 bits per heavy atom. The summed E-state index contributed by atoms with van der Waals surface area (Å²) in [5, 5.41) is 12.1. The predicted octanol–water partition coefficient (Wildman–Crippen LogP) is 15.2. The summed E-state index contributed by atoms with van der Waals surface area (Å²) >= 11 is 1.85. The molecule has 0 N–H and O–H groups in total. The van der Waals surface area contributed by atoms with Crippen LogP contribution in [0.4, 0.5) is 0 Å². The maximum absolute atomic E-state index is 6.50. The number of hydrogen-bond acceptors (Lipinski definition) is 3. The van der Waals surface area contributed by atoms with Gasteiger partial charge in [-0.3, -0.25) is 0 Å². The van der Waals surface area contributed by atoms with Crippen LogP contribution in [0.25, 0.3) is 119 Å². The fraction of sp³-hybridized carbons (Fsp3) is 0. The number of benzene rings is 9. The number of thiophene rings is 1. The standard InChI is InChI=1S/C50H28O2S/c1-3-13-36-34(11-1)46(30-22-20-29(21-23-30)32-16-9-17-38-33-10-5-7-18-41(33)52-50(32)38)35-12-2-4-14-37(35)47(36)31-24-25-42-40(28-31)48-43(51-42)26-27-45-49(48)39-15-6-8-19-44(39)53-45/h1-28H. The van der Waals surface area contributed by atoms with Crippen molar-refractivity contribution in [1.29, 1.82) is 0 Å². The van der Waals surface area contributed by atoms with E-state index in [2.05, 4.69) is 158 Å². The third kappa shape index (κ3) is 4.14. The van der Waals surface area contributed by atoms with Crippen LogP contribution in [0, 0.1) is 0 Å². The molecule has 3 aromatic heterocycles. The lowest BCUT2D eigenvalue weighted by atomic mass is 9.85. The van der Waals surface area contributed by atoms with Crippen LogP contribution in [0.15, 0.2) is 179 Å². The number of rotatable bonds is 3. The van der Waals surface area contributed by atoms with E-state index in [1.54, 1.807) is 0 Å². The molecule has 0 amide bonds. The van der Waals surface area contributed by atoms with Gasteiger partial charge in [0.15, 0.2) is 0 Å². The van der Waals surface area contributed by atoms with Gasteiger partial charge in [0.05, 0.1) is 0 Å². The van der Waals surface area contributed by atoms with E-state index in [-0.39, 0.29) is 0 Å². The molecule has 0 bridgehead atoms. The monoisotopic (exact) mass is 692 g/mol. The summed E-state index contributed by atoms with van der Waals surface area (Å²) in [7, 11) is 0. The highest BCUT2D eigenvalue weighted by Gasteiger charge is 2.20. The molecule has 0 aliphatic rings. The van der Waals surface area contributed by atoms with Crippen LogP contribution in [0.5, 0.6) is 0 Å². The molecule has 0 spiro atoms. The Morgan fingerprint density at radius 1 is 0.321 bits per heavy atom. The third-order valence-corrected chi connectivity index (χ3v) is 12.2. The van der Waals surface area contributed by atoms with Crippen molar-refractivity contribution in [2.45, 2.75) is 0 Å². The molecule has 0 radical (unpaired) electrons. The summed E-state index contributed by atoms with van der Waals surface area (Å²) in [6.07, 6.45) is 0. The molecule has 0 aliphatic heterocycles. The molecule has 0 aliphatic carbocycles. The van der Waals surface area contributed by atoms with Gasteiger partial charge >= 0.3 is 0 Å². The minimum absolute atomic E-state index is 0.912. The van der Waals surface area contributed by atoms with E-state index in [1.165, 1.54) is 69.4 Å². The summed E-state index contributed by atoms with van der Waals surface area (Å²) in [4.78, 5) is 0. The summed E-state index contributed by atoms with van der Waals surface area (Å²) in [5.41, 5.74) is 10.8. The van der Waals surface area contributed by atoms with E-state index < -0.39 is 0 Å².